The number of halogens is 3. The zero-order valence-electron chi connectivity index (χ0n) is 13.4. The molecule has 1 saturated heterocycles. The second kappa shape index (κ2) is 6.76. The lowest BCUT2D eigenvalue weighted by Gasteiger charge is -2.38. The van der Waals surface area contributed by atoms with Gasteiger partial charge in [-0.1, -0.05) is 30.3 Å². The summed E-state index contributed by atoms with van der Waals surface area (Å²) in [5.74, 6) is 0.150. The first-order chi connectivity index (χ1) is 11.4. The van der Waals surface area contributed by atoms with Crippen LogP contribution in [0.1, 0.15) is 24.2 Å². The summed E-state index contributed by atoms with van der Waals surface area (Å²) in [5, 5.41) is 0. The first-order valence-corrected chi connectivity index (χ1v) is 7.89. The van der Waals surface area contributed by atoms with E-state index in [1.54, 1.807) is 0 Å². The number of piperazine rings is 1. The second-order valence-electron chi connectivity index (χ2n) is 5.85. The molecule has 0 aliphatic carbocycles. The van der Waals surface area contributed by atoms with Crippen LogP contribution in [0.15, 0.2) is 42.6 Å². The fourth-order valence-corrected chi connectivity index (χ4v) is 2.91. The molecule has 7 heteroatoms. The average Bonchev–Trinajstić information content (AvgIpc) is 2.61. The van der Waals surface area contributed by atoms with Crippen LogP contribution in [0.25, 0.3) is 0 Å². The van der Waals surface area contributed by atoms with Crippen molar-refractivity contribution in [3.05, 3.63) is 53.9 Å². The van der Waals surface area contributed by atoms with Gasteiger partial charge < -0.3 is 4.90 Å². The smallest absolute Gasteiger partial charge is 0.338 e. The Hall–Kier alpha value is -2.15. The number of hydrogen-bond acceptors (Lipinski definition) is 4. The van der Waals surface area contributed by atoms with Gasteiger partial charge in [0.1, 0.15) is 5.69 Å². The summed E-state index contributed by atoms with van der Waals surface area (Å²) in [7, 11) is 0. The Morgan fingerprint density at radius 1 is 1.00 bits per heavy atom. The van der Waals surface area contributed by atoms with Crippen molar-refractivity contribution in [1.82, 2.24) is 14.9 Å². The van der Waals surface area contributed by atoms with Crippen LogP contribution in [0.2, 0.25) is 0 Å². The lowest BCUT2D eigenvalue weighted by atomic mass is 10.1. The molecule has 2 heterocycles. The van der Waals surface area contributed by atoms with Gasteiger partial charge in [0.2, 0.25) is 5.95 Å². The molecule has 4 nitrogen and oxygen atoms in total. The Kier molecular flexibility index (Phi) is 4.71. The molecule has 1 atom stereocenters. The standard InChI is InChI=1S/C17H19F3N4/c1-13(14-5-3-2-4-6-14)23-9-11-24(12-10-23)16-21-8-7-15(22-16)17(18,19)20/h2-8,13H,9-12H2,1H3. The minimum atomic E-state index is -4.44. The maximum Gasteiger partial charge on any atom is 0.433 e. The van der Waals surface area contributed by atoms with E-state index in [9.17, 15) is 13.2 Å². The molecule has 2 aromatic rings. The number of nitrogens with zero attached hydrogens (tertiary/aromatic N) is 4. The molecule has 1 aromatic heterocycles. The molecule has 1 aliphatic heterocycles. The van der Waals surface area contributed by atoms with Gasteiger partial charge in [0.25, 0.3) is 0 Å². The SMILES string of the molecule is CC(c1ccccc1)N1CCN(c2nccc(C(F)(F)F)n2)CC1. The van der Waals surface area contributed by atoms with Gasteiger partial charge in [-0.3, -0.25) is 4.90 Å². The molecule has 3 rings (SSSR count). The fraction of sp³-hybridized carbons (Fsp3) is 0.412. The van der Waals surface area contributed by atoms with Gasteiger partial charge in [-0.25, -0.2) is 9.97 Å². The number of anilines is 1. The molecule has 0 N–H and O–H groups in total. The van der Waals surface area contributed by atoms with Gasteiger partial charge in [-0.05, 0) is 18.6 Å². The van der Waals surface area contributed by atoms with Crippen molar-refractivity contribution >= 4 is 5.95 Å². The number of rotatable bonds is 3. The van der Waals surface area contributed by atoms with E-state index in [-0.39, 0.29) is 12.0 Å². The number of alkyl halides is 3. The number of hydrogen-bond donors (Lipinski definition) is 0. The highest BCUT2D eigenvalue weighted by atomic mass is 19.4. The van der Waals surface area contributed by atoms with Crippen LogP contribution in [0, 0.1) is 0 Å². The van der Waals surface area contributed by atoms with E-state index < -0.39 is 11.9 Å². The van der Waals surface area contributed by atoms with E-state index in [4.69, 9.17) is 0 Å². The van der Waals surface area contributed by atoms with Crippen molar-refractivity contribution in [1.29, 1.82) is 0 Å². The predicted octanol–water partition coefficient (Wildman–Crippen LogP) is 3.38. The van der Waals surface area contributed by atoms with Crippen LogP contribution in [0.3, 0.4) is 0 Å². The van der Waals surface area contributed by atoms with Gasteiger partial charge in [0.15, 0.2) is 0 Å². The summed E-state index contributed by atoms with van der Waals surface area (Å²) in [6, 6.07) is 11.4. The zero-order chi connectivity index (χ0) is 17.2. The summed E-state index contributed by atoms with van der Waals surface area (Å²) >= 11 is 0. The summed E-state index contributed by atoms with van der Waals surface area (Å²) in [6.07, 6.45) is -3.27. The van der Waals surface area contributed by atoms with Crippen LogP contribution >= 0.6 is 0 Å². The molecule has 0 radical (unpaired) electrons. The Bertz CT molecular complexity index is 667. The van der Waals surface area contributed by atoms with Gasteiger partial charge in [-0.15, -0.1) is 0 Å². The van der Waals surface area contributed by atoms with Crippen LogP contribution in [0.4, 0.5) is 19.1 Å². The molecule has 24 heavy (non-hydrogen) atoms. The molecule has 0 saturated carbocycles. The third-order valence-electron chi connectivity index (χ3n) is 4.36. The largest absolute Gasteiger partial charge is 0.433 e. The molecule has 1 aliphatic rings. The van der Waals surface area contributed by atoms with Crippen molar-refractivity contribution < 1.29 is 13.2 Å². The maximum atomic E-state index is 12.8. The number of benzene rings is 1. The summed E-state index contributed by atoms with van der Waals surface area (Å²) < 4.78 is 38.3. The number of aromatic nitrogens is 2. The maximum absolute atomic E-state index is 12.8. The average molecular weight is 336 g/mol. The molecular weight excluding hydrogens is 317 g/mol. The predicted molar refractivity (Wildman–Crippen MR) is 85.7 cm³/mol. The third kappa shape index (κ3) is 3.67. The Labute approximate surface area is 138 Å². The van der Waals surface area contributed by atoms with Gasteiger partial charge >= 0.3 is 6.18 Å². The Balaban J connectivity index is 1.65. The van der Waals surface area contributed by atoms with Gasteiger partial charge in [0.05, 0.1) is 0 Å². The van der Waals surface area contributed by atoms with E-state index in [0.717, 1.165) is 19.2 Å². The summed E-state index contributed by atoms with van der Waals surface area (Å²) in [5.41, 5.74) is 0.342. The van der Waals surface area contributed by atoms with Crippen molar-refractivity contribution in [3.8, 4) is 0 Å². The van der Waals surface area contributed by atoms with E-state index in [0.29, 0.717) is 13.1 Å². The van der Waals surface area contributed by atoms with Crippen molar-refractivity contribution in [2.24, 2.45) is 0 Å². The fourth-order valence-electron chi connectivity index (χ4n) is 2.91. The Morgan fingerprint density at radius 3 is 2.29 bits per heavy atom. The molecule has 0 spiro atoms. The minimum Gasteiger partial charge on any atom is -0.338 e. The highest BCUT2D eigenvalue weighted by molar-refractivity contribution is 5.32. The molecule has 1 aromatic carbocycles. The van der Waals surface area contributed by atoms with Gasteiger partial charge in [-0.2, -0.15) is 13.2 Å². The normalized spacial score (nSPS) is 17.8. The minimum absolute atomic E-state index is 0.150. The summed E-state index contributed by atoms with van der Waals surface area (Å²) in [4.78, 5) is 11.8. The van der Waals surface area contributed by atoms with Crippen molar-refractivity contribution in [3.63, 3.8) is 0 Å². The highest BCUT2D eigenvalue weighted by Crippen LogP contribution is 2.28. The van der Waals surface area contributed by atoms with Gasteiger partial charge in [0, 0.05) is 38.4 Å². The second-order valence-corrected chi connectivity index (χ2v) is 5.85. The van der Waals surface area contributed by atoms with Crippen molar-refractivity contribution in [2.45, 2.75) is 19.1 Å². The topological polar surface area (TPSA) is 32.3 Å². The molecule has 0 amide bonds. The third-order valence-corrected chi connectivity index (χ3v) is 4.36. The van der Waals surface area contributed by atoms with Crippen LogP contribution in [-0.4, -0.2) is 41.0 Å². The van der Waals surface area contributed by atoms with E-state index in [1.165, 1.54) is 11.8 Å². The first kappa shape index (κ1) is 16.7. The van der Waals surface area contributed by atoms with Crippen molar-refractivity contribution in [2.75, 3.05) is 31.1 Å². The summed E-state index contributed by atoms with van der Waals surface area (Å²) in [6.45, 7) is 4.88. The molecular formula is C17H19F3N4. The zero-order valence-corrected chi connectivity index (χ0v) is 13.4. The van der Waals surface area contributed by atoms with E-state index in [2.05, 4.69) is 33.9 Å². The van der Waals surface area contributed by atoms with Crippen LogP contribution in [-0.2, 0) is 6.18 Å². The quantitative estimate of drug-likeness (QED) is 0.860. The molecule has 1 unspecified atom stereocenters. The lowest BCUT2D eigenvalue weighted by molar-refractivity contribution is -0.141. The highest BCUT2D eigenvalue weighted by Gasteiger charge is 2.33. The molecule has 128 valence electrons. The molecule has 1 fully saturated rings. The van der Waals surface area contributed by atoms with E-state index >= 15 is 0 Å². The molecule has 0 bridgehead atoms. The monoisotopic (exact) mass is 336 g/mol. The first-order valence-electron chi connectivity index (χ1n) is 7.89. The lowest BCUT2D eigenvalue weighted by Crippen LogP contribution is -2.47. The van der Waals surface area contributed by atoms with E-state index in [1.807, 2.05) is 23.1 Å². The Morgan fingerprint density at radius 2 is 1.67 bits per heavy atom. The van der Waals surface area contributed by atoms with Crippen LogP contribution in [0.5, 0.6) is 0 Å². The van der Waals surface area contributed by atoms with Crippen LogP contribution < -0.4 is 4.90 Å².